The van der Waals surface area contributed by atoms with E-state index in [1.807, 2.05) is 0 Å². The lowest BCUT2D eigenvalue weighted by atomic mass is 10.1. The van der Waals surface area contributed by atoms with Crippen molar-refractivity contribution in [3.8, 4) is 17.0 Å². The van der Waals surface area contributed by atoms with Crippen LogP contribution < -0.4 is 4.74 Å². The summed E-state index contributed by atoms with van der Waals surface area (Å²) in [6.45, 7) is 4.76. The molecule has 1 heterocycles. The van der Waals surface area contributed by atoms with Crippen LogP contribution in [0.3, 0.4) is 0 Å². The minimum Gasteiger partial charge on any atom is -0.477 e. The first-order valence-electron chi connectivity index (χ1n) is 7.71. The maximum absolute atomic E-state index is 14.3. The van der Waals surface area contributed by atoms with Crippen LogP contribution in [0.25, 0.3) is 11.3 Å². The maximum Gasteiger partial charge on any atom is 0.417 e. The van der Waals surface area contributed by atoms with Gasteiger partial charge in [0.15, 0.2) is 6.10 Å². The van der Waals surface area contributed by atoms with Gasteiger partial charge in [-0.25, -0.2) is 9.18 Å². The highest BCUT2D eigenvalue weighted by atomic mass is 35.5. The molecule has 150 valence electrons. The van der Waals surface area contributed by atoms with Gasteiger partial charge in [-0.2, -0.15) is 13.2 Å². The number of esters is 1. The molecule has 10 heteroatoms. The zero-order valence-electron chi connectivity index (χ0n) is 14.3. The zero-order chi connectivity index (χ0) is 21.1. The highest BCUT2D eigenvalue weighted by Gasteiger charge is 2.32. The number of alkyl halides is 3. The fourth-order valence-corrected chi connectivity index (χ4v) is 2.55. The van der Waals surface area contributed by atoms with E-state index in [1.165, 1.54) is 13.0 Å². The predicted octanol–water partition coefficient (Wildman–Crippen LogP) is 5.71. The summed E-state index contributed by atoms with van der Waals surface area (Å²) in [4.78, 5) is 15.4. The first-order valence-corrected chi connectivity index (χ1v) is 8.46. The Morgan fingerprint density at radius 1 is 1.29 bits per heavy atom. The minimum absolute atomic E-state index is 0.0278. The SMILES string of the molecule is C=CCOC(=O)C(C)Oc1cc(-c2ncc(C(F)(F)F)cc2Cl)c(F)cc1Cl. The standard InChI is InChI=1S/C18H13Cl2F4NO3/c1-3-4-27-17(26)9(2)28-15-6-11(14(21)7-12(15)19)16-13(20)5-10(8-25-16)18(22,23)24/h3,5-9H,1,4H2,2H3. The van der Waals surface area contributed by atoms with Gasteiger partial charge in [0.1, 0.15) is 18.2 Å². The number of carbonyl (C=O) groups is 1. The van der Waals surface area contributed by atoms with Crippen LogP contribution in [0.5, 0.6) is 5.75 Å². The number of ether oxygens (including phenoxy) is 2. The second-order valence-corrected chi connectivity index (χ2v) is 6.31. The summed E-state index contributed by atoms with van der Waals surface area (Å²) in [5, 5.41) is -0.576. The maximum atomic E-state index is 14.3. The summed E-state index contributed by atoms with van der Waals surface area (Å²) in [6.07, 6.45) is -3.84. The third-order valence-corrected chi connectivity index (χ3v) is 4.01. The third-order valence-electron chi connectivity index (χ3n) is 3.42. The van der Waals surface area contributed by atoms with Gasteiger partial charge >= 0.3 is 12.1 Å². The van der Waals surface area contributed by atoms with Gasteiger partial charge in [0.2, 0.25) is 0 Å². The molecule has 2 aromatic rings. The van der Waals surface area contributed by atoms with E-state index in [2.05, 4.69) is 11.6 Å². The van der Waals surface area contributed by atoms with Crippen LogP contribution in [0.2, 0.25) is 10.0 Å². The Bertz CT molecular complexity index is 903. The molecule has 4 nitrogen and oxygen atoms in total. The Hall–Kier alpha value is -2.32. The predicted molar refractivity (Wildman–Crippen MR) is 95.9 cm³/mol. The van der Waals surface area contributed by atoms with Crippen LogP contribution in [0.15, 0.2) is 37.1 Å². The summed E-state index contributed by atoms with van der Waals surface area (Å²) in [6, 6.07) is 2.61. The largest absolute Gasteiger partial charge is 0.477 e. The van der Waals surface area contributed by atoms with Gasteiger partial charge in [-0.05, 0) is 25.1 Å². The smallest absolute Gasteiger partial charge is 0.417 e. The summed E-state index contributed by atoms with van der Waals surface area (Å²) in [5.41, 5.74) is -1.56. The van der Waals surface area contributed by atoms with Crippen molar-refractivity contribution in [2.45, 2.75) is 19.2 Å². The minimum atomic E-state index is -4.65. The van der Waals surface area contributed by atoms with Crippen LogP contribution in [0.4, 0.5) is 17.6 Å². The lowest BCUT2D eigenvalue weighted by Crippen LogP contribution is -2.26. The Morgan fingerprint density at radius 2 is 1.96 bits per heavy atom. The molecule has 1 atom stereocenters. The van der Waals surface area contributed by atoms with E-state index < -0.39 is 34.7 Å². The van der Waals surface area contributed by atoms with Gasteiger partial charge in [-0.3, -0.25) is 4.98 Å². The van der Waals surface area contributed by atoms with Gasteiger partial charge < -0.3 is 9.47 Å². The lowest BCUT2D eigenvalue weighted by molar-refractivity contribution is -0.149. The third kappa shape index (κ3) is 5.14. The molecule has 28 heavy (non-hydrogen) atoms. The molecule has 0 aliphatic carbocycles. The highest BCUT2D eigenvalue weighted by molar-refractivity contribution is 6.33. The van der Waals surface area contributed by atoms with E-state index in [0.717, 1.165) is 12.1 Å². The summed E-state index contributed by atoms with van der Waals surface area (Å²) < 4.78 is 62.8. The summed E-state index contributed by atoms with van der Waals surface area (Å²) in [5.74, 6) is -1.69. The van der Waals surface area contributed by atoms with Gasteiger partial charge in [0.05, 0.1) is 21.3 Å². The second-order valence-electron chi connectivity index (χ2n) is 5.49. The van der Waals surface area contributed by atoms with Crippen molar-refractivity contribution in [2.24, 2.45) is 0 Å². The molecule has 1 aromatic heterocycles. The average Bonchev–Trinajstić information content (AvgIpc) is 2.61. The molecule has 0 aliphatic heterocycles. The summed E-state index contributed by atoms with van der Waals surface area (Å²) >= 11 is 11.8. The topological polar surface area (TPSA) is 48.4 Å². The number of carbonyl (C=O) groups excluding carboxylic acids is 1. The van der Waals surface area contributed by atoms with Crippen molar-refractivity contribution in [2.75, 3.05) is 6.61 Å². The fraction of sp³-hybridized carbons (Fsp3) is 0.222. The van der Waals surface area contributed by atoms with Crippen molar-refractivity contribution < 1.29 is 31.8 Å². The van der Waals surface area contributed by atoms with Crippen LogP contribution in [-0.2, 0) is 15.7 Å². The number of pyridine rings is 1. The molecule has 0 fully saturated rings. The molecular weight excluding hydrogens is 425 g/mol. The highest BCUT2D eigenvalue weighted by Crippen LogP contribution is 2.38. The fourth-order valence-electron chi connectivity index (χ4n) is 2.09. The molecule has 0 saturated carbocycles. The number of benzene rings is 1. The van der Waals surface area contributed by atoms with Gasteiger partial charge in [-0.1, -0.05) is 35.9 Å². The van der Waals surface area contributed by atoms with Crippen LogP contribution in [0, 0.1) is 5.82 Å². The van der Waals surface area contributed by atoms with Crippen molar-refractivity contribution in [1.29, 1.82) is 0 Å². The van der Waals surface area contributed by atoms with Crippen LogP contribution in [0.1, 0.15) is 12.5 Å². The zero-order valence-corrected chi connectivity index (χ0v) is 15.8. The number of nitrogens with zero attached hydrogens (tertiary/aromatic N) is 1. The van der Waals surface area contributed by atoms with Crippen molar-refractivity contribution in [1.82, 2.24) is 4.98 Å². The molecule has 0 radical (unpaired) electrons. The van der Waals surface area contributed by atoms with Gasteiger partial charge in [0, 0.05) is 11.8 Å². The second kappa shape index (κ2) is 8.79. The van der Waals surface area contributed by atoms with Crippen molar-refractivity contribution in [3.05, 3.63) is 58.5 Å². The Kier molecular flexibility index (Phi) is 6.90. The van der Waals surface area contributed by atoms with Crippen molar-refractivity contribution in [3.63, 3.8) is 0 Å². The first kappa shape index (κ1) is 22.0. The Labute approximate surface area is 167 Å². The number of rotatable bonds is 6. The molecule has 0 N–H and O–H groups in total. The normalized spacial score (nSPS) is 12.4. The molecule has 0 aliphatic rings. The lowest BCUT2D eigenvalue weighted by Gasteiger charge is -2.16. The van der Waals surface area contributed by atoms with Crippen LogP contribution in [-0.4, -0.2) is 23.7 Å². The summed E-state index contributed by atoms with van der Waals surface area (Å²) in [7, 11) is 0. The number of hydrogen-bond donors (Lipinski definition) is 0. The van der Waals surface area contributed by atoms with E-state index in [0.29, 0.717) is 12.3 Å². The van der Waals surface area contributed by atoms with Gasteiger partial charge in [-0.15, -0.1) is 0 Å². The van der Waals surface area contributed by atoms with Crippen LogP contribution >= 0.6 is 23.2 Å². The molecule has 0 bridgehead atoms. The van der Waals surface area contributed by atoms with E-state index in [-0.39, 0.29) is 28.6 Å². The molecule has 0 amide bonds. The average molecular weight is 438 g/mol. The molecule has 0 spiro atoms. The molecule has 0 saturated heterocycles. The van der Waals surface area contributed by atoms with E-state index in [9.17, 15) is 22.4 Å². The number of hydrogen-bond acceptors (Lipinski definition) is 4. The molecule has 1 aromatic carbocycles. The van der Waals surface area contributed by atoms with Crippen molar-refractivity contribution >= 4 is 29.2 Å². The number of aromatic nitrogens is 1. The van der Waals surface area contributed by atoms with E-state index >= 15 is 0 Å². The monoisotopic (exact) mass is 437 g/mol. The molecule has 1 unspecified atom stereocenters. The van der Waals surface area contributed by atoms with E-state index in [1.54, 1.807) is 0 Å². The number of halogens is 6. The van der Waals surface area contributed by atoms with E-state index in [4.69, 9.17) is 32.7 Å². The Balaban J connectivity index is 2.38. The quantitative estimate of drug-likeness (QED) is 0.330. The molecule has 2 rings (SSSR count). The van der Waals surface area contributed by atoms with Gasteiger partial charge in [0.25, 0.3) is 0 Å². The first-order chi connectivity index (χ1) is 13.0. The molecular formula is C18H13Cl2F4NO3. The Morgan fingerprint density at radius 3 is 2.54 bits per heavy atom.